The Hall–Kier alpha value is -1.47. The van der Waals surface area contributed by atoms with E-state index < -0.39 is 0 Å². The molecule has 1 atom stereocenters. The van der Waals surface area contributed by atoms with E-state index in [1.807, 2.05) is 12.3 Å². The van der Waals surface area contributed by atoms with Crippen LogP contribution in [0.2, 0.25) is 0 Å². The fraction of sp³-hybridized carbons (Fsp3) is 0.667. The van der Waals surface area contributed by atoms with E-state index in [2.05, 4.69) is 15.2 Å². The van der Waals surface area contributed by atoms with Crippen molar-refractivity contribution in [1.29, 1.82) is 0 Å². The largest absolute Gasteiger partial charge is 0.352 e. The van der Waals surface area contributed by atoms with Crippen LogP contribution in [0, 0.1) is 0 Å². The lowest BCUT2D eigenvalue weighted by atomic mass is 10.1. The molecule has 22 heavy (non-hydrogen) atoms. The lowest BCUT2D eigenvalue weighted by molar-refractivity contribution is -0.120. The SMILES string of the molecule is CCN(C(C)=O)c1nc(CN2CCC[C@H](NC(C)=O)C2)cs1. The van der Waals surface area contributed by atoms with Gasteiger partial charge in [-0.3, -0.25) is 19.4 Å². The van der Waals surface area contributed by atoms with Crippen molar-refractivity contribution in [3.8, 4) is 0 Å². The maximum absolute atomic E-state index is 11.6. The van der Waals surface area contributed by atoms with Gasteiger partial charge < -0.3 is 5.32 Å². The summed E-state index contributed by atoms with van der Waals surface area (Å²) in [6, 6.07) is 0.230. The predicted octanol–water partition coefficient (Wildman–Crippen LogP) is 1.62. The van der Waals surface area contributed by atoms with Gasteiger partial charge in [-0.15, -0.1) is 11.3 Å². The molecule has 6 nitrogen and oxygen atoms in total. The summed E-state index contributed by atoms with van der Waals surface area (Å²) in [7, 11) is 0. The predicted molar refractivity (Wildman–Crippen MR) is 87.9 cm³/mol. The van der Waals surface area contributed by atoms with E-state index in [0.29, 0.717) is 6.54 Å². The van der Waals surface area contributed by atoms with Crippen molar-refractivity contribution in [2.24, 2.45) is 0 Å². The number of nitrogens with one attached hydrogen (secondary N) is 1. The second-order valence-corrected chi connectivity index (χ2v) is 6.50. The zero-order valence-corrected chi connectivity index (χ0v) is 14.3. The van der Waals surface area contributed by atoms with Crippen molar-refractivity contribution in [2.45, 2.75) is 46.2 Å². The van der Waals surface area contributed by atoms with Crippen LogP contribution in [-0.4, -0.2) is 47.4 Å². The summed E-state index contributed by atoms with van der Waals surface area (Å²) in [5.41, 5.74) is 0.989. The Morgan fingerprint density at radius 3 is 2.91 bits per heavy atom. The Balaban J connectivity index is 1.95. The average molecular weight is 324 g/mol. The molecule has 0 aromatic carbocycles. The molecule has 2 amide bonds. The zero-order valence-electron chi connectivity index (χ0n) is 13.5. The molecule has 1 aliphatic rings. The van der Waals surface area contributed by atoms with Crippen molar-refractivity contribution in [1.82, 2.24) is 15.2 Å². The Labute approximate surface area is 135 Å². The van der Waals surface area contributed by atoms with Crippen molar-refractivity contribution in [3.05, 3.63) is 11.1 Å². The highest BCUT2D eigenvalue weighted by Crippen LogP contribution is 2.22. The van der Waals surface area contributed by atoms with Crippen LogP contribution in [-0.2, 0) is 16.1 Å². The van der Waals surface area contributed by atoms with E-state index in [4.69, 9.17) is 0 Å². The van der Waals surface area contributed by atoms with E-state index in [0.717, 1.165) is 43.3 Å². The summed E-state index contributed by atoms with van der Waals surface area (Å²) in [4.78, 5) is 31.3. The second-order valence-electron chi connectivity index (χ2n) is 5.66. The smallest absolute Gasteiger partial charge is 0.225 e. The standard InChI is InChI=1S/C15H24N4O2S/c1-4-19(12(3)21)15-17-14(10-22-15)9-18-7-5-6-13(8-18)16-11(2)20/h10,13H,4-9H2,1-3H3,(H,16,20)/t13-/m0/s1. The van der Waals surface area contributed by atoms with Crippen LogP contribution in [0.5, 0.6) is 0 Å². The van der Waals surface area contributed by atoms with Gasteiger partial charge in [-0.25, -0.2) is 4.98 Å². The van der Waals surface area contributed by atoms with Crippen molar-refractivity contribution in [2.75, 3.05) is 24.5 Å². The van der Waals surface area contributed by atoms with Gasteiger partial charge in [0, 0.05) is 44.9 Å². The minimum Gasteiger partial charge on any atom is -0.352 e. The number of carbonyl (C=O) groups is 2. The fourth-order valence-electron chi connectivity index (χ4n) is 2.82. The van der Waals surface area contributed by atoms with E-state index >= 15 is 0 Å². The molecule has 2 rings (SSSR count). The minimum absolute atomic E-state index is 0.0205. The lowest BCUT2D eigenvalue weighted by Crippen LogP contribution is -2.46. The summed E-state index contributed by atoms with van der Waals surface area (Å²) in [5, 5.41) is 5.77. The molecule has 1 N–H and O–H groups in total. The molecule has 0 spiro atoms. The van der Waals surface area contributed by atoms with E-state index in [9.17, 15) is 9.59 Å². The number of amides is 2. The number of thiazole rings is 1. The Bertz CT molecular complexity index is 531. The summed E-state index contributed by atoms with van der Waals surface area (Å²) >= 11 is 1.51. The molecule has 0 aliphatic carbocycles. The molecule has 1 aliphatic heterocycles. The molecule has 0 saturated carbocycles. The number of hydrogen-bond acceptors (Lipinski definition) is 5. The quantitative estimate of drug-likeness (QED) is 0.894. The van der Waals surface area contributed by atoms with Crippen molar-refractivity contribution < 1.29 is 9.59 Å². The molecule has 7 heteroatoms. The molecule has 0 unspecified atom stereocenters. The maximum Gasteiger partial charge on any atom is 0.225 e. The topological polar surface area (TPSA) is 65.5 Å². The number of carbonyl (C=O) groups excluding carboxylic acids is 2. The molecule has 1 aromatic rings. The normalized spacial score (nSPS) is 19.0. The first kappa shape index (κ1) is 16.9. The number of piperidine rings is 1. The molecular weight excluding hydrogens is 300 g/mol. The molecular formula is C15H24N4O2S. The first-order valence-electron chi connectivity index (χ1n) is 7.71. The van der Waals surface area contributed by atoms with Gasteiger partial charge in [0.1, 0.15) is 0 Å². The van der Waals surface area contributed by atoms with Crippen LogP contribution in [0.25, 0.3) is 0 Å². The van der Waals surface area contributed by atoms with Crippen LogP contribution in [0.4, 0.5) is 5.13 Å². The first-order valence-corrected chi connectivity index (χ1v) is 8.59. The maximum atomic E-state index is 11.6. The molecule has 0 bridgehead atoms. The Morgan fingerprint density at radius 2 is 2.27 bits per heavy atom. The van der Waals surface area contributed by atoms with Gasteiger partial charge >= 0.3 is 0 Å². The third kappa shape index (κ3) is 4.51. The highest BCUT2D eigenvalue weighted by molar-refractivity contribution is 7.14. The second kappa shape index (κ2) is 7.69. The molecule has 1 saturated heterocycles. The van der Waals surface area contributed by atoms with Gasteiger partial charge in [-0.2, -0.15) is 0 Å². The number of anilines is 1. The minimum atomic E-state index is 0.0205. The van der Waals surface area contributed by atoms with E-state index in [-0.39, 0.29) is 17.9 Å². The van der Waals surface area contributed by atoms with Gasteiger partial charge in [0.15, 0.2) is 5.13 Å². The molecule has 1 aromatic heterocycles. The highest BCUT2D eigenvalue weighted by Gasteiger charge is 2.21. The summed E-state index contributed by atoms with van der Waals surface area (Å²) in [5.74, 6) is 0.0509. The van der Waals surface area contributed by atoms with Gasteiger partial charge in [0.2, 0.25) is 11.8 Å². The van der Waals surface area contributed by atoms with Gasteiger partial charge in [0.25, 0.3) is 0 Å². The van der Waals surface area contributed by atoms with E-state index in [1.165, 1.54) is 11.3 Å². The number of rotatable bonds is 5. The van der Waals surface area contributed by atoms with Crippen molar-refractivity contribution in [3.63, 3.8) is 0 Å². The number of likely N-dealkylation sites (tertiary alicyclic amines) is 1. The number of hydrogen-bond donors (Lipinski definition) is 1. The van der Waals surface area contributed by atoms with Crippen LogP contribution < -0.4 is 10.2 Å². The summed E-state index contributed by atoms with van der Waals surface area (Å²) in [6.07, 6.45) is 2.11. The highest BCUT2D eigenvalue weighted by atomic mass is 32.1. The van der Waals surface area contributed by atoms with Gasteiger partial charge in [-0.05, 0) is 26.3 Å². The number of aromatic nitrogens is 1. The van der Waals surface area contributed by atoms with E-state index in [1.54, 1.807) is 18.7 Å². The Kier molecular flexibility index (Phi) is 5.90. The monoisotopic (exact) mass is 324 g/mol. The zero-order chi connectivity index (χ0) is 16.1. The third-order valence-electron chi connectivity index (χ3n) is 3.77. The van der Waals surface area contributed by atoms with Crippen LogP contribution in [0.15, 0.2) is 5.38 Å². The number of nitrogens with zero attached hydrogens (tertiary/aromatic N) is 3. The lowest BCUT2D eigenvalue weighted by Gasteiger charge is -2.32. The molecule has 1 fully saturated rings. The van der Waals surface area contributed by atoms with Crippen molar-refractivity contribution >= 4 is 28.3 Å². The van der Waals surface area contributed by atoms with Crippen LogP contribution in [0.3, 0.4) is 0 Å². The Morgan fingerprint density at radius 1 is 1.50 bits per heavy atom. The molecule has 0 radical (unpaired) electrons. The molecule has 122 valence electrons. The summed E-state index contributed by atoms with van der Waals surface area (Å²) < 4.78 is 0. The first-order chi connectivity index (χ1) is 10.5. The third-order valence-corrected chi connectivity index (χ3v) is 4.68. The fourth-order valence-corrected chi connectivity index (χ4v) is 3.74. The molecule has 2 heterocycles. The van der Waals surface area contributed by atoms with Gasteiger partial charge in [0.05, 0.1) is 5.69 Å². The van der Waals surface area contributed by atoms with Gasteiger partial charge in [-0.1, -0.05) is 0 Å². The summed E-state index contributed by atoms with van der Waals surface area (Å²) in [6.45, 7) is 8.35. The van der Waals surface area contributed by atoms with Crippen LogP contribution in [0.1, 0.15) is 39.3 Å². The van der Waals surface area contributed by atoms with Crippen LogP contribution >= 0.6 is 11.3 Å². The average Bonchev–Trinajstić information content (AvgIpc) is 2.87.